The lowest BCUT2D eigenvalue weighted by atomic mass is 10.0. The molecule has 1 aromatic heterocycles. The number of nitrogens with zero attached hydrogens (tertiary/aromatic N) is 4. The normalized spacial score (nSPS) is 18.3. The lowest BCUT2D eigenvalue weighted by Crippen LogP contribution is -2.43. The van der Waals surface area contributed by atoms with Crippen molar-refractivity contribution in [2.75, 3.05) is 26.7 Å². The molecule has 0 radical (unpaired) electrons. The number of alkyl halides is 5. The van der Waals surface area contributed by atoms with Gasteiger partial charge in [-0.1, -0.05) is 6.07 Å². The van der Waals surface area contributed by atoms with Gasteiger partial charge in [0.25, 0.3) is 0 Å². The molecule has 198 valence electrons. The average molecular weight is 521 g/mol. The van der Waals surface area contributed by atoms with E-state index in [0.717, 1.165) is 25.2 Å². The molecule has 3 heterocycles. The van der Waals surface area contributed by atoms with E-state index in [1.807, 2.05) is 7.05 Å². The predicted octanol–water partition coefficient (Wildman–Crippen LogP) is 4.01. The molecule has 1 fully saturated rings. The first-order chi connectivity index (χ1) is 16.9. The van der Waals surface area contributed by atoms with Crippen molar-refractivity contribution in [1.29, 1.82) is 0 Å². The van der Waals surface area contributed by atoms with Crippen molar-refractivity contribution in [1.82, 2.24) is 20.3 Å². The van der Waals surface area contributed by atoms with Crippen LogP contribution in [0.25, 0.3) is 0 Å². The third-order valence-electron chi connectivity index (χ3n) is 5.95. The van der Waals surface area contributed by atoms with E-state index in [0.29, 0.717) is 30.4 Å². The number of benzene rings is 1. The van der Waals surface area contributed by atoms with Crippen molar-refractivity contribution in [3.8, 4) is 5.75 Å². The molecule has 0 bridgehead atoms. The molecule has 0 amide bonds. The van der Waals surface area contributed by atoms with Crippen LogP contribution in [0.3, 0.4) is 0 Å². The second-order valence-corrected chi connectivity index (χ2v) is 8.85. The van der Waals surface area contributed by atoms with Crippen molar-refractivity contribution in [3.05, 3.63) is 47.4 Å². The first kappa shape index (κ1) is 26.1. The third kappa shape index (κ3) is 5.86. The number of oxazole rings is 1. The Balaban J connectivity index is 1.51. The molecule has 0 atom stereocenters. The Kier molecular flexibility index (Phi) is 7.10. The molecule has 1 N–H and O–H groups in total. The van der Waals surface area contributed by atoms with Gasteiger partial charge in [0.2, 0.25) is 5.96 Å². The molecule has 1 spiro atoms. The zero-order chi connectivity index (χ0) is 26.1. The summed E-state index contributed by atoms with van der Waals surface area (Å²) in [4.78, 5) is 18.6. The summed E-state index contributed by atoms with van der Waals surface area (Å²) in [6.07, 6.45) is -3.01. The Hall–Kier alpha value is -3.00. The number of hydrogen-bond acceptors (Lipinski definition) is 8. The van der Waals surface area contributed by atoms with Crippen LogP contribution in [-0.4, -0.2) is 65.3 Å². The minimum atomic E-state index is -5.77. The number of nitrogens with one attached hydrogen (secondary N) is 1. The molecule has 2 aromatic rings. The van der Waals surface area contributed by atoms with Gasteiger partial charge in [-0.3, -0.25) is 0 Å². The highest BCUT2D eigenvalue weighted by molar-refractivity contribution is 5.80. The van der Waals surface area contributed by atoms with Gasteiger partial charge in [0.05, 0.1) is 12.2 Å². The molecule has 1 saturated heterocycles. The number of hydroxylamine groups is 1. The van der Waals surface area contributed by atoms with E-state index in [1.165, 1.54) is 12.3 Å². The van der Waals surface area contributed by atoms with Crippen molar-refractivity contribution in [3.63, 3.8) is 0 Å². The van der Waals surface area contributed by atoms with E-state index in [4.69, 9.17) is 14.2 Å². The molecule has 36 heavy (non-hydrogen) atoms. The highest BCUT2D eigenvalue weighted by atomic mass is 19.4. The molecule has 2 aliphatic heterocycles. The van der Waals surface area contributed by atoms with E-state index in [-0.39, 0.29) is 18.7 Å². The fraction of sp³-hybridized carbons (Fsp3) is 0.545. The molecular weight excluding hydrogens is 496 g/mol. The van der Waals surface area contributed by atoms with Crippen LogP contribution in [0.15, 0.2) is 33.9 Å². The molecular formula is C22H25F6N5O3. The van der Waals surface area contributed by atoms with Gasteiger partial charge in [-0.25, -0.2) is 24.7 Å². The van der Waals surface area contributed by atoms with E-state index >= 15 is 0 Å². The average Bonchev–Trinajstić information content (AvgIpc) is 3.41. The number of aliphatic imine (C=N–C) groups is 1. The van der Waals surface area contributed by atoms with Crippen molar-refractivity contribution >= 4 is 5.96 Å². The maximum Gasteiger partial charge on any atom is 0.456 e. The summed E-state index contributed by atoms with van der Waals surface area (Å²) in [5, 5.41) is 0. The second kappa shape index (κ2) is 9.81. The van der Waals surface area contributed by atoms with Crippen LogP contribution in [0, 0.1) is 12.7 Å². The topological polar surface area (TPSA) is 75.4 Å². The van der Waals surface area contributed by atoms with Crippen LogP contribution >= 0.6 is 0 Å². The Morgan fingerprint density at radius 3 is 2.50 bits per heavy atom. The maximum absolute atomic E-state index is 14.8. The van der Waals surface area contributed by atoms with Gasteiger partial charge in [-0.2, -0.15) is 22.0 Å². The Labute approximate surface area is 202 Å². The number of ether oxygens (including phenoxy) is 1. The van der Waals surface area contributed by atoms with Gasteiger partial charge >= 0.3 is 12.1 Å². The monoisotopic (exact) mass is 521 g/mol. The summed E-state index contributed by atoms with van der Waals surface area (Å²) >= 11 is 0. The van der Waals surface area contributed by atoms with E-state index in [9.17, 15) is 26.3 Å². The summed E-state index contributed by atoms with van der Waals surface area (Å²) < 4.78 is 87.9. The molecule has 0 saturated carbocycles. The minimum Gasteiger partial charge on any atom is -0.487 e. The summed E-state index contributed by atoms with van der Waals surface area (Å²) in [7, 11) is 2.00. The number of rotatable bonds is 7. The second-order valence-electron chi connectivity index (χ2n) is 8.85. The third-order valence-corrected chi connectivity index (χ3v) is 5.95. The number of hydrogen-bond donors (Lipinski definition) is 1. The number of likely N-dealkylation sites (tertiary alicyclic amines) is 1. The standard InChI is InChI=1S/C22H25F6N5O3/c1-14-29-16(12-34-14)11-33(19-30-20(36-31-19)5-7-32(2)8-6-20)10-15-3-4-17(9-18(15)23)35-13-21(24,25)22(26,27)28/h3-4,9,12H,5-8,10-11,13H2,1-2H3,(H,30,31). The van der Waals surface area contributed by atoms with Gasteiger partial charge < -0.3 is 19.0 Å². The predicted molar refractivity (Wildman–Crippen MR) is 115 cm³/mol. The highest BCUT2D eigenvalue weighted by Crippen LogP contribution is 2.36. The van der Waals surface area contributed by atoms with Crippen molar-refractivity contribution in [2.45, 2.75) is 50.7 Å². The largest absolute Gasteiger partial charge is 0.487 e. The molecule has 0 aliphatic carbocycles. The number of aryl methyl sites for hydroxylation is 1. The van der Waals surface area contributed by atoms with E-state index in [2.05, 4.69) is 20.1 Å². The number of halogens is 6. The summed E-state index contributed by atoms with van der Waals surface area (Å²) in [6.45, 7) is 1.42. The van der Waals surface area contributed by atoms with Crippen molar-refractivity contribution < 1.29 is 40.3 Å². The quantitative estimate of drug-likeness (QED) is 0.552. The van der Waals surface area contributed by atoms with Crippen LogP contribution in [0.2, 0.25) is 0 Å². The Morgan fingerprint density at radius 1 is 1.17 bits per heavy atom. The van der Waals surface area contributed by atoms with Crippen LogP contribution in [0.4, 0.5) is 26.3 Å². The minimum absolute atomic E-state index is 0.0398. The first-order valence-corrected chi connectivity index (χ1v) is 11.1. The molecule has 0 unspecified atom stereocenters. The molecule has 14 heteroatoms. The number of guanidine groups is 1. The SMILES string of the molecule is Cc1nc(CN(Cc2ccc(OCC(F)(F)C(F)(F)F)cc2F)C2=NC3(CCN(C)CC3)ON2)co1. The fourth-order valence-electron chi connectivity index (χ4n) is 3.79. The van der Waals surface area contributed by atoms with Gasteiger partial charge in [0.1, 0.15) is 17.8 Å². The molecule has 1 aromatic carbocycles. The van der Waals surface area contributed by atoms with Crippen LogP contribution in [0.5, 0.6) is 5.75 Å². The van der Waals surface area contributed by atoms with Crippen LogP contribution < -0.4 is 10.2 Å². The summed E-state index contributed by atoms with van der Waals surface area (Å²) in [5.74, 6) is -5.57. The van der Waals surface area contributed by atoms with Crippen molar-refractivity contribution in [2.24, 2.45) is 4.99 Å². The van der Waals surface area contributed by atoms with E-state index in [1.54, 1.807) is 11.8 Å². The molecule has 4 rings (SSSR count). The van der Waals surface area contributed by atoms with Gasteiger partial charge in [0.15, 0.2) is 18.2 Å². The Bertz CT molecular complexity index is 1100. The van der Waals surface area contributed by atoms with Gasteiger partial charge in [0, 0.05) is 51.0 Å². The molecule has 2 aliphatic rings. The van der Waals surface area contributed by atoms with Crippen LogP contribution in [0.1, 0.15) is 30.0 Å². The number of aromatic nitrogens is 1. The fourth-order valence-corrected chi connectivity index (χ4v) is 3.79. The summed E-state index contributed by atoms with van der Waals surface area (Å²) in [5.41, 5.74) is 2.75. The molecule has 8 nitrogen and oxygen atoms in total. The van der Waals surface area contributed by atoms with Crippen LogP contribution in [-0.2, 0) is 17.9 Å². The zero-order valence-corrected chi connectivity index (χ0v) is 19.5. The Morgan fingerprint density at radius 2 is 1.89 bits per heavy atom. The summed E-state index contributed by atoms with van der Waals surface area (Å²) in [6, 6.07) is 3.14. The van der Waals surface area contributed by atoms with Gasteiger partial charge in [-0.05, 0) is 13.1 Å². The smallest absolute Gasteiger partial charge is 0.456 e. The van der Waals surface area contributed by atoms with E-state index < -0.39 is 36.0 Å². The highest BCUT2D eigenvalue weighted by Gasteiger charge is 2.58. The maximum atomic E-state index is 14.8. The van der Waals surface area contributed by atoms with Gasteiger partial charge in [-0.15, -0.1) is 0 Å². The number of piperidine rings is 1. The first-order valence-electron chi connectivity index (χ1n) is 11.1. The zero-order valence-electron chi connectivity index (χ0n) is 19.5. The lowest BCUT2D eigenvalue weighted by Gasteiger charge is -2.33. The lowest BCUT2D eigenvalue weighted by molar-refractivity contribution is -0.290.